The predicted molar refractivity (Wildman–Crippen MR) is 68.5 cm³/mol. The smallest absolute Gasteiger partial charge is 0.172 e. The molecule has 1 atom stereocenters. The molecule has 0 aromatic heterocycles. The molecule has 1 heterocycles. The van der Waals surface area contributed by atoms with Crippen molar-refractivity contribution in [1.29, 1.82) is 0 Å². The van der Waals surface area contributed by atoms with E-state index in [1.807, 2.05) is 0 Å². The molecular formula is C15H12O4. The molecule has 0 saturated heterocycles. The lowest BCUT2D eigenvalue weighted by molar-refractivity contribution is 0.0842. The van der Waals surface area contributed by atoms with Crippen LogP contribution in [-0.4, -0.2) is 16.0 Å². The number of benzene rings is 2. The van der Waals surface area contributed by atoms with Gasteiger partial charge in [0.2, 0.25) is 0 Å². The second kappa shape index (κ2) is 4.31. The molecule has 2 aromatic carbocycles. The van der Waals surface area contributed by atoms with Gasteiger partial charge in [0.25, 0.3) is 0 Å². The van der Waals surface area contributed by atoms with Crippen LogP contribution in [0.25, 0.3) is 0 Å². The quantitative estimate of drug-likeness (QED) is 0.823. The van der Waals surface area contributed by atoms with Crippen LogP contribution in [0, 0.1) is 0 Å². The number of hydrogen-bond donors (Lipinski definition) is 2. The first-order valence-corrected chi connectivity index (χ1v) is 5.96. The van der Waals surface area contributed by atoms with Crippen LogP contribution in [0.5, 0.6) is 17.2 Å². The van der Waals surface area contributed by atoms with Gasteiger partial charge in [-0.25, -0.2) is 0 Å². The largest absolute Gasteiger partial charge is 0.508 e. The number of fused-ring (bicyclic) bond motifs is 1. The Kier molecular flexibility index (Phi) is 2.63. The molecule has 0 aliphatic carbocycles. The fourth-order valence-corrected chi connectivity index (χ4v) is 2.21. The number of carbonyl (C=O) groups excluding carboxylic acids is 1. The Labute approximate surface area is 109 Å². The first-order chi connectivity index (χ1) is 9.15. The lowest BCUT2D eigenvalue weighted by Gasteiger charge is -2.26. The maximum atomic E-state index is 12.0. The van der Waals surface area contributed by atoms with Crippen LogP contribution in [-0.2, 0) is 0 Å². The number of carbonyl (C=O) groups is 1. The fraction of sp³-hybridized carbons (Fsp3) is 0.133. The standard InChI is InChI=1S/C15H12O4/c16-10-6-4-9(5-7-10)14-8-13(18)11-2-1-3-12(17)15(11)19-14/h1-7,14,16-17H,8H2/t14-/m1/s1. The molecule has 96 valence electrons. The van der Waals surface area contributed by atoms with Gasteiger partial charge in [0.1, 0.15) is 11.9 Å². The van der Waals surface area contributed by atoms with Gasteiger partial charge >= 0.3 is 0 Å². The van der Waals surface area contributed by atoms with E-state index in [1.165, 1.54) is 6.07 Å². The van der Waals surface area contributed by atoms with E-state index in [0.717, 1.165) is 5.56 Å². The van der Waals surface area contributed by atoms with Crippen molar-refractivity contribution in [3.63, 3.8) is 0 Å². The van der Waals surface area contributed by atoms with Crippen molar-refractivity contribution in [2.75, 3.05) is 0 Å². The summed E-state index contributed by atoms with van der Waals surface area (Å²) in [5.41, 5.74) is 1.20. The van der Waals surface area contributed by atoms with E-state index in [9.17, 15) is 15.0 Å². The Balaban J connectivity index is 1.99. The van der Waals surface area contributed by atoms with Crippen LogP contribution in [0.15, 0.2) is 42.5 Å². The Hall–Kier alpha value is -2.49. The topological polar surface area (TPSA) is 66.8 Å². The van der Waals surface area contributed by atoms with E-state index in [0.29, 0.717) is 5.56 Å². The summed E-state index contributed by atoms with van der Waals surface area (Å²) >= 11 is 0. The van der Waals surface area contributed by atoms with Gasteiger partial charge in [-0.05, 0) is 29.8 Å². The summed E-state index contributed by atoms with van der Waals surface area (Å²) in [5.74, 6) is 0.301. The number of hydrogen-bond acceptors (Lipinski definition) is 4. The van der Waals surface area contributed by atoms with Crippen LogP contribution >= 0.6 is 0 Å². The molecule has 4 nitrogen and oxygen atoms in total. The molecule has 19 heavy (non-hydrogen) atoms. The molecule has 0 fully saturated rings. The van der Waals surface area contributed by atoms with Crippen molar-refractivity contribution in [3.8, 4) is 17.2 Å². The second-order valence-corrected chi connectivity index (χ2v) is 4.48. The molecule has 0 spiro atoms. The highest BCUT2D eigenvalue weighted by Crippen LogP contribution is 2.40. The number of ketones is 1. The Bertz CT molecular complexity index is 631. The summed E-state index contributed by atoms with van der Waals surface area (Å²) in [6.45, 7) is 0. The first kappa shape index (κ1) is 11.6. The molecule has 0 bridgehead atoms. The van der Waals surface area contributed by atoms with Crippen LogP contribution in [0.3, 0.4) is 0 Å². The minimum atomic E-state index is -0.436. The summed E-state index contributed by atoms with van der Waals surface area (Å²) in [5, 5.41) is 19.0. The van der Waals surface area contributed by atoms with Crippen LogP contribution in [0.2, 0.25) is 0 Å². The maximum absolute atomic E-state index is 12.0. The minimum Gasteiger partial charge on any atom is -0.508 e. The number of phenols is 2. The molecule has 1 aliphatic heterocycles. The van der Waals surface area contributed by atoms with Crippen LogP contribution in [0.4, 0.5) is 0 Å². The molecule has 3 rings (SSSR count). The summed E-state index contributed by atoms with van der Waals surface area (Å²) in [7, 11) is 0. The van der Waals surface area contributed by atoms with Crippen LogP contribution < -0.4 is 4.74 Å². The molecule has 0 radical (unpaired) electrons. The third-order valence-electron chi connectivity index (χ3n) is 3.19. The van der Waals surface area contributed by atoms with E-state index in [4.69, 9.17) is 4.74 Å². The van der Waals surface area contributed by atoms with Gasteiger partial charge in [0, 0.05) is 0 Å². The van der Waals surface area contributed by atoms with Gasteiger partial charge < -0.3 is 14.9 Å². The van der Waals surface area contributed by atoms with Gasteiger partial charge in [-0.15, -0.1) is 0 Å². The minimum absolute atomic E-state index is 0.0330. The van der Waals surface area contributed by atoms with Crippen molar-refractivity contribution in [2.24, 2.45) is 0 Å². The van der Waals surface area contributed by atoms with Gasteiger partial charge in [-0.2, -0.15) is 0 Å². The normalized spacial score (nSPS) is 17.7. The first-order valence-electron chi connectivity index (χ1n) is 5.96. The highest BCUT2D eigenvalue weighted by atomic mass is 16.5. The number of aromatic hydroxyl groups is 2. The van der Waals surface area contributed by atoms with Gasteiger partial charge in [-0.1, -0.05) is 18.2 Å². The van der Waals surface area contributed by atoms with Crippen molar-refractivity contribution >= 4 is 5.78 Å². The number of ether oxygens (including phenoxy) is 1. The molecule has 2 aromatic rings. The average molecular weight is 256 g/mol. The van der Waals surface area contributed by atoms with Crippen molar-refractivity contribution in [2.45, 2.75) is 12.5 Å². The van der Waals surface area contributed by atoms with Gasteiger partial charge in [0.15, 0.2) is 17.3 Å². The lowest BCUT2D eigenvalue weighted by Crippen LogP contribution is -2.20. The summed E-state index contributed by atoms with van der Waals surface area (Å²) in [6.07, 6.45) is -0.213. The Morgan fingerprint density at radius 3 is 2.53 bits per heavy atom. The summed E-state index contributed by atoms with van der Waals surface area (Å²) < 4.78 is 5.71. The Morgan fingerprint density at radius 1 is 1.05 bits per heavy atom. The van der Waals surface area contributed by atoms with Gasteiger partial charge in [0.05, 0.1) is 12.0 Å². The third kappa shape index (κ3) is 2.01. The van der Waals surface area contributed by atoms with E-state index < -0.39 is 6.10 Å². The average Bonchev–Trinajstić information content (AvgIpc) is 2.41. The zero-order valence-electron chi connectivity index (χ0n) is 10.0. The van der Waals surface area contributed by atoms with Gasteiger partial charge in [-0.3, -0.25) is 4.79 Å². The van der Waals surface area contributed by atoms with Crippen molar-refractivity contribution in [1.82, 2.24) is 0 Å². The Morgan fingerprint density at radius 2 is 1.79 bits per heavy atom. The predicted octanol–water partition coefficient (Wildman–Crippen LogP) is 2.80. The molecule has 0 unspecified atom stereocenters. The highest BCUT2D eigenvalue weighted by molar-refractivity contribution is 6.00. The van der Waals surface area contributed by atoms with E-state index >= 15 is 0 Å². The molecule has 0 amide bonds. The third-order valence-corrected chi connectivity index (χ3v) is 3.19. The zero-order valence-corrected chi connectivity index (χ0v) is 10.0. The van der Waals surface area contributed by atoms with E-state index in [-0.39, 0.29) is 29.5 Å². The SMILES string of the molecule is O=C1C[C@H](c2ccc(O)cc2)Oc2c(O)cccc21. The fourth-order valence-electron chi connectivity index (χ4n) is 2.21. The van der Waals surface area contributed by atoms with E-state index in [2.05, 4.69) is 0 Å². The van der Waals surface area contributed by atoms with Crippen molar-refractivity contribution in [3.05, 3.63) is 53.6 Å². The monoisotopic (exact) mass is 256 g/mol. The summed E-state index contributed by atoms with van der Waals surface area (Å²) in [4.78, 5) is 12.0. The van der Waals surface area contributed by atoms with E-state index in [1.54, 1.807) is 36.4 Å². The molecule has 2 N–H and O–H groups in total. The number of para-hydroxylation sites is 1. The number of rotatable bonds is 1. The zero-order chi connectivity index (χ0) is 13.4. The number of Topliss-reactive ketones (excluding diaryl/α,β-unsaturated/α-hetero) is 1. The number of phenolic OH excluding ortho intramolecular Hbond substituents is 2. The molecule has 0 saturated carbocycles. The summed E-state index contributed by atoms with van der Waals surface area (Å²) in [6, 6.07) is 11.3. The second-order valence-electron chi connectivity index (χ2n) is 4.48. The maximum Gasteiger partial charge on any atom is 0.172 e. The molecule has 1 aliphatic rings. The molecular weight excluding hydrogens is 244 g/mol. The van der Waals surface area contributed by atoms with Crippen LogP contribution in [0.1, 0.15) is 28.4 Å². The molecule has 4 heteroatoms. The van der Waals surface area contributed by atoms with Crippen molar-refractivity contribution < 1.29 is 19.7 Å². The lowest BCUT2D eigenvalue weighted by atomic mass is 9.96. The highest BCUT2D eigenvalue weighted by Gasteiger charge is 2.29.